The highest BCUT2D eigenvalue weighted by atomic mass is 16.5. The first kappa shape index (κ1) is 12.2. The van der Waals surface area contributed by atoms with E-state index < -0.39 is 0 Å². The van der Waals surface area contributed by atoms with Crippen molar-refractivity contribution in [1.29, 1.82) is 0 Å². The quantitative estimate of drug-likeness (QED) is 0.867. The van der Waals surface area contributed by atoms with Crippen LogP contribution in [0.2, 0.25) is 0 Å². The molecule has 1 aromatic rings. The second-order valence-corrected chi connectivity index (χ2v) is 5.12. The Labute approximate surface area is 104 Å². The van der Waals surface area contributed by atoms with Crippen molar-refractivity contribution in [3.8, 4) is 5.75 Å². The molecule has 0 aromatic heterocycles. The van der Waals surface area contributed by atoms with Crippen molar-refractivity contribution in [1.82, 2.24) is 0 Å². The van der Waals surface area contributed by atoms with E-state index in [0.717, 1.165) is 12.3 Å². The minimum atomic E-state index is 0.175. The Morgan fingerprint density at radius 3 is 2.47 bits per heavy atom. The molecule has 0 unspecified atom stereocenters. The Hall–Kier alpha value is -1.22. The Morgan fingerprint density at radius 2 is 2.06 bits per heavy atom. The molecule has 0 radical (unpaired) electrons. The number of hydrogen-bond acceptors (Lipinski definition) is 3. The molecule has 1 aromatic carbocycles. The molecule has 1 fully saturated rings. The fraction of sp³-hybridized carbons (Fsp3) is 0.571. The molecular weight excluding hydrogens is 212 g/mol. The van der Waals surface area contributed by atoms with Crippen molar-refractivity contribution in [3.63, 3.8) is 0 Å². The third kappa shape index (κ3) is 2.00. The summed E-state index contributed by atoms with van der Waals surface area (Å²) in [5, 5.41) is 0. The molecular formula is C14H22N2O. The Balaban J connectivity index is 2.48. The van der Waals surface area contributed by atoms with Gasteiger partial charge >= 0.3 is 0 Å². The number of anilines is 1. The van der Waals surface area contributed by atoms with Crippen LogP contribution in [0, 0.1) is 0 Å². The van der Waals surface area contributed by atoms with Crippen LogP contribution in [0.4, 0.5) is 5.69 Å². The standard InChI is InChI=1S/C14H22N2O/c1-16(2)13-6-5-11(17-3)9-12(13)14(10-15)7-4-8-14/h5-6,9H,4,7-8,10,15H2,1-3H3. The molecule has 0 bridgehead atoms. The predicted molar refractivity (Wildman–Crippen MR) is 71.9 cm³/mol. The van der Waals surface area contributed by atoms with E-state index in [9.17, 15) is 0 Å². The minimum absolute atomic E-state index is 0.175. The van der Waals surface area contributed by atoms with E-state index in [1.54, 1.807) is 7.11 Å². The van der Waals surface area contributed by atoms with Gasteiger partial charge in [-0.1, -0.05) is 6.42 Å². The third-order valence-corrected chi connectivity index (χ3v) is 3.96. The lowest BCUT2D eigenvalue weighted by Gasteiger charge is -2.43. The van der Waals surface area contributed by atoms with Crippen LogP contribution in [0.15, 0.2) is 18.2 Å². The Kier molecular flexibility index (Phi) is 3.29. The van der Waals surface area contributed by atoms with Gasteiger partial charge in [-0.15, -0.1) is 0 Å². The molecule has 3 nitrogen and oxygen atoms in total. The summed E-state index contributed by atoms with van der Waals surface area (Å²) < 4.78 is 5.34. The number of hydrogen-bond donors (Lipinski definition) is 1. The number of nitrogens with zero attached hydrogens (tertiary/aromatic N) is 1. The zero-order valence-electron chi connectivity index (χ0n) is 11.0. The van der Waals surface area contributed by atoms with Crippen molar-refractivity contribution in [2.75, 3.05) is 32.6 Å². The SMILES string of the molecule is COc1ccc(N(C)C)c(C2(CN)CCC2)c1. The van der Waals surface area contributed by atoms with Crippen LogP contribution in [0.25, 0.3) is 0 Å². The van der Waals surface area contributed by atoms with Crippen LogP contribution in [0.5, 0.6) is 5.75 Å². The van der Waals surface area contributed by atoms with Gasteiger partial charge in [-0.3, -0.25) is 0 Å². The lowest BCUT2D eigenvalue weighted by molar-refractivity contribution is 0.252. The van der Waals surface area contributed by atoms with Crippen LogP contribution >= 0.6 is 0 Å². The normalized spacial score (nSPS) is 17.4. The van der Waals surface area contributed by atoms with E-state index in [-0.39, 0.29) is 5.41 Å². The molecule has 2 N–H and O–H groups in total. The number of ether oxygens (including phenoxy) is 1. The molecule has 17 heavy (non-hydrogen) atoms. The summed E-state index contributed by atoms with van der Waals surface area (Å²) in [5.41, 5.74) is 8.78. The summed E-state index contributed by atoms with van der Waals surface area (Å²) in [6.07, 6.45) is 3.66. The highest BCUT2D eigenvalue weighted by molar-refractivity contribution is 5.59. The smallest absolute Gasteiger partial charge is 0.119 e. The molecule has 0 saturated heterocycles. The van der Waals surface area contributed by atoms with Gasteiger partial charge in [-0.2, -0.15) is 0 Å². The molecule has 1 aliphatic rings. The van der Waals surface area contributed by atoms with E-state index in [1.165, 1.54) is 30.5 Å². The maximum atomic E-state index is 6.00. The molecule has 0 spiro atoms. The fourth-order valence-corrected chi connectivity index (χ4v) is 2.64. The van der Waals surface area contributed by atoms with Gasteiger partial charge in [0.2, 0.25) is 0 Å². The van der Waals surface area contributed by atoms with E-state index in [4.69, 9.17) is 10.5 Å². The summed E-state index contributed by atoms with van der Waals surface area (Å²) >= 11 is 0. The van der Waals surface area contributed by atoms with Crippen molar-refractivity contribution < 1.29 is 4.74 Å². The highest BCUT2D eigenvalue weighted by Gasteiger charge is 2.39. The number of methoxy groups -OCH3 is 1. The van der Waals surface area contributed by atoms with Gasteiger partial charge in [0.15, 0.2) is 0 Å². The number of benzene rings is 1. The molecule has 1 aliphatic carbocycles. The van der Waals surface area contributed by atoms with Gasteiger partial charge < -0.3 is 15.4 Å². The highest BCUT2D eigenvalue weighted by Crippen LogP contribution is 2.47. The second kappa shape index (κ2) is 4.57. The largest absolute Gasteiger partial charge is 0.497 e. The first-order valence-corrected chi connectivity index (χ1v) is 6.19. The summed E-state index contributed by atoms with van der Waals surface area (Å²) in [4.78, 5) is 2.16. The molecule has 2 rings (SSSR count). The second-order valence-electron chi connectivity index (χ2n) is 5.12. The number of rotatable bonds is 4. The van der Waals surface area contributed by atoms with Crippen molar-refractivity contribution in [2.45, 2.75) is 24.7 Å². The predicted octanol–water partition coefficient (Wildman–Crippen LogP) is 2.14. The molecule has 0 atom stereocenters. The van der Waals surface area contributed by atoms with Crippen molar-refractivity contribution in [2.24, 2.45) is 5.73 Å². The summed E-state index contributed by atoms with van der Waals surface area (Å²) in [6.45, 7) is 0.723. The topological polar surface area (TPSA) is 38.5 Å². The molecule has 1 saturated carbocycles. The fourth-order valence-electron chi connectivity index (χ4n) is 2.64. The summed E-state index contributed by atoms with van der Waals surface area (Å²) in [6, 6.07) is 6.30. The molecule has 0 heterocycles. The van der Waals surface area contributed by atoms with Gasteiger partial charge in [-0.05, 0) is 36.6 Å². The zero-order valence-corrected chi connectivity index (χ0v) is 11.0. The van der Waals surface area contributed by atoms with E-state index >= 15 is 0 Å². The first-order chi connectivity index (χ1) is 8.13. The molecule has 0 aliphatic heterocycles. The van der Waals surface area contributed by atoms with Crippen LogP contribution < -0.4 is 15.4 Å². The van der Waals surface area contributed by atoms with Crippen LogP contribution in [0.3, 0.4) is 0 Å². The van der Waals surface area contributed by atoms with Gasteiger partial charge in [0.25, 0.3) is 0 Å². The lowest BCUT2D eigenvalue weighted by Crippen LogP contribution is -2.42. The van der Waals surface area contributed by atoms with Gasteiger partial charge in [0.1, 0.15) is 5.75 Å². The van der Waals surface area contributed by atoms with Crippen LogP contribution in [-0.4, -0.2) is 27.7 Å². The number of nitrogens with two attached hydrogens (primary N) is 1. The van der Waals surface area contributed by atoms with Gasteiger partial charge in [-0.25, -0.2) is 0 Å². The monoisotopic (exact) mass is 234 g/mol. The third-order valence-electron chi connectivity index (χ3n) is 3.96. The molecule has 94 valence electrons. The van der Waals surface area contributed by atoms with Gasteiger partial charge in [0.05, 0.1) is 7.11 Å². The average Bonchev–Trinajstić information content (AvgIpc) is 2.28. The maximum Gasteiger partial charge on any atom is 0.119 e. The maximum absolute atomic E-state index is 6.00. The molecule has 3 heteroatoms. The van der Waals surface area contributed by atoms with Crippen LogP contribution in [-0.2, 0) is 5.41 Å². The zero-order chi connectivity index (χ0) is 12.5. The molecule has 0 amide bonds. The van der Waals surface area contributed by atoms with Crippen molar-refractivity contribution >= 4 is 5.69 Å². The first-order valence-electron chi connectivity index (χ1n) is 6.19. The minimum Gasteiger partial charge on any atom is -0.497 e. The van der Waals surface area contributed by atoms with Crippen molar-refractivity contribution in [3.05, 3.63) is 23.8 Å². The van der Waals surface area contributed by atoms with E-state index in [2.05, 4.69) is 31.1 Å². The van der Waals surface area contributed by atoms with Gasteiger partial charge in [0, 0.05) is 31.7 Å². The Morgan fingerprint density at radius 1 is 1.35 bits per heavy atom. The lowest BCUT2D eigenvalue weighted by atomic mass is 9.64. The Bertz CT molecular complexity index is 392. The average molecular weight is 234 g/mol. The summed E-state index contributed by atoms with van der Waals surface area (Å²) in [7, 11) is 5.87. The van der Waals surface area contributed by atoms with E-state index in [0.29, 0.717) is 0 Å². The summed E-state index contributed by atoms with van der Waals surface area (Å²) in [5.74, 6) is 0.922. The van der Waals surface area contributed by atoms with E-state index in [1.807, 2.05) is 6.07 Å². The van der Waals surface area contributed by atoms with Crippen LogP contribution in [0.1, 0.15) is 24.8 Å².